The summed E-state index contributed by atoms with van der Waals surface area (Å²) in [6.45, 7) is 2.87. The fourth-order valence-corrected chi connectivity index (χ4v) is 6.02. The number of carbonyl (C=O) groups is 2. The molecule has 0 unspecified atom stereocenters. The van der Waals surface area contributed by atoms with Crippen molar-refractivity contribution in [2.75, 3.05) is 6.54 Å². The molecule has 1 aliphatic heterocycles. The summed E-state index contributed by atoms with van der Waals surface area (Å²) < 4.78 is 1.75. The van der Waals surface area contributed by atoms with E-state index in [0.717, 1.165) is 55.5 Å². The molecular formula is C25H32N4O2S. The molecular weight excluding hydrogens is 420 g/mol. The second-order valence-corrected chi connectivity index (χ2v) is 10.5. The fraction of sp³-hybridized carbons (Fsp3) is 0.560. The van der Waals surface area contributed by atoms with Gasteiger partial charge in [0.2, 0.25) is 5.91 Å². The van der Waals surface area contributed by atoms with E-state index in [0.29, 0.717) is 18.8 Å². The average Bonchev–Trinajstić information content (AvgIpc) is 3.56. The van der Waals surface area contributed by atoms with E-state index in [1.165, 1.54) is 18.4 Å². The molecule has 2 aromatic heterocycles. The monoisotopic (exact) mass is 452 g/mol. The number of thiophene rings is 1. The zero-order chi connectivity index (χ0) is 22.1. The Morgan fingerprint density at radius 3 is 2.84 bits per heavy atom. The van der Waals surface area contributed by atoms with Crippen molar-refractivity contribution in [1.29, 1.82) is 0 Å². The van der Waals surface area contributed by atoms with E-state index < -0.39 is 5.54 Å². The van der Waals surface area contributed by atoms with E-state index in [1.807, 2.05) is 35.4 Å². The highest BCUT2D eigenvalue weighted by Gasteiger charge is 2.48. The predicted molar refractivity (Wildman–Crippen MR) is 127 cm³/mol. The van der Waals surface area contributed by atoms with Gasteiger partial charge < -0.3 is 10.2 Å². The van der Waals surface area contributed by atoms with Crippen molar-refractivity contribution in [2.45, 2.75) is 82.8 Å². The Hall–Kier alpha value is -2.41. The molecule has 7 heteroatoms. The summed E-state index contributed by atoms with van der Waals surface area (Å²) in [7, 11) is 0. The molecule has 0 radical (unpaired) electrons. The number of aromatic nitrogens is 2. The lowest BCUT2D eigenvalue weighted by Gasteiger charge is -2.44. The van der Waals surface area contributed by atoms with Crippen molar-refractivity contribution < 1.29 is 9.59 Å². The van der Waals surface area contributed by atoms with Crippen LogP contribution in [-0.4, -0.2) is 44.6 Å². The third-order valence-electron chi connectivity index (χ3n) is 7.29. The van der Waals surface area contributed by atoms with Crippen molar-refractivity contribution in [1.82, 2.24) is 20.0 Å². The maximum absolute atomic E-state index is 13.7. The van der Waals surface area contributed by atoms with Gasteiger partial charge in [-0.3, -0.25) is 14.3 Å². The van der Waals surface area contributed by atoms with Crippen molar-refractivity contribution in [2.24, 2.45) is 0 Å². The lowest BCUT2D eigenvalue weighted by molar-refractivity contribution is -0.133. The van der Waals surface area contributed by atoms with E-state index in [4.69, 9.17) is 5.10 Å². The molecule has 3 heterocycles. The summed E-state index contributed by atoms with van der Waals surface area (Å²) in [4.78, 5) is 30.1. The Bertz CT molecular complexity index is 1020. The van der Waals surface area contributed by atoms with E-state index in [1.54, 1.807) is 16.0 Å². The molecule has 1 fully saturated rings. The van der Waals surface area contributed by atoms with Crippen LogP contribution in [-0.2, 0) is 11.3 Å². The van der Waals surface area contributed by atoms with Gasteiger partial charge in [-0.2, -0.15) is 5.10 Å². The number of hydrogen-bond donors (Lipinski definition) is 1. The van der Waals surface area contributed by atoms with Crippen LogP contribution >= 0.6 is 11.3 Å². The maximum Gasteiger partial charge on any atom is 0.273 e. The van der Waals surface area contributed by atoms with E-state index >= 15 is 0 Å². The minimum Gasteiger partial charge on any atom is -0.351 e. The second kappa shape index (κ2) is 8.85. The lowest BCUT2D eigenvalue weighted by atomic mass is 9.92. The third kappa shape index (κ3) is 4.03. The van der Waals surface area contributed by atoms with Crippen molar-refractivity contribution in [3.05, 3.63) is 40.9 Å². The van der Waals surface area contributed by atoms with Crippen LogP contribution in [0, 0.1) is 0 Å². The van der Waals surface area contributed by atoms with Crippen LogP contribution in [0.5, 0.6) is 0 Å². The van der Waals surface area contributed by atoms with Crippen LogP contribution < -0.4 is 5.32 Å². The van der Waals surface area contributed by atoms with Gasteiger partial charge in [0, 0.05) is 12.6 Å². The average molecular weight is 453 g/mol. The van der Waals surface area contributed by atoms with Crippen LogP contribution in [0.25, 0.3) is 10.6 Å². The zero-order valence-corrected chi connectivity index (χ0v) is 19.6. The molecule has 5 rings (SSSR count). The van der Waals surface area contributed by atoms with Gasteiger partial charge in [0.1, 0.15) is 16.9 Å². The first kappa shape index (κ1) is 21.4. The summed E-state index contributed by atoms with van der Waals surface area (Å²) in [5, 5.41) is 9.99. The van der Waals surface area contributed by atoms with Crippen molar-refractivity contribution in [3.8, 4) is 10.6 Å². The maximum atomic E-state index is 13.7. The van der Waals surface area contributed by atoms with Crippen LogP contribution in [0.15, 0.2) is 35.2 Å². The Kier molecular flexibility index (Phi) is 5.93. The fourth-order valence-electron chi connectivity index (χ4n) is 5.33. The molecule has 2 aromatic rings. The van der Waals surface area contributed by atoms with Crippen LogP contribution in [0.1, 0.15) is 75.2 Å². The molecule has 6 nitrogen and oxygen atoms in total. The van der Waals surface area contributed by atoms with Gasteiger partial charge in [0.05, 0.1) is 11.4 Å². The molecule has 0 bridgehead atoms. The summed E-state index contributed by atoms with van der Waals surface area (Å²) in [6, 6.07) is 6.11. The first-order chi connectivity index (χ1) is 15.5. The summed E-state index contributed by atoms with van der Waals surface area (Å²) >= 11 is 1.61. The molecule has 2 amide bonds. The van der Waals surface area contributed by atoms with Crippen LogP contribution in [0.3, 0.4) is 0 Å². The molecule has 1 atom stereocenters. The van der Waals surface area contributed by atoms with Crippen LogP contribution in [0.4, 0.5) is 0 Å². The second-order valence-electron chi connectivity index (χ2n) is 9.59. The topological polar surface area (TPSA) is 67.2 Å². The molecule has 3 aliphatic rings. The first-order valence-corrected chi connectivity index (χ1v) is 12.9. The van der Waals surface area contributed by atoms with Gasteiger partial charge in [-0.15, -0.1) is 11.3 Å². The molecule has 0 saturated heterocycles. The molecule has 170 valence electrons. The Balaban J connectivity index is 1.44. The highest BCUT2D eigenvalue weighted by atomic mass is 32.1. The Morgan fingerprint density at radius 1 is 1.28 bits per heavy atom. The van der Waals surface area contributed by atoms with E-state index in [2.05, 4.69) is 11.4 Å². The third-order valence-corrected chi connectivity index (χ3v) is 8.18. The Morgan fingerprint density at radius 2 is 2.12 bits per heavy atom. The molecule has 0 aromatic carbocycles. The Labute approximate surface area is 193 Å². The van der Waals surface area contributed by atoms with E-state index in [9.17, 15) is 9.59 Å². The minimum atomic E-state index is -0.944. The number of nitrogens with one attached hydrogen (secondary N) is 1. The van der Waals surface area contributed by atoms with Gasteiger partial charge in [-0.25, -0.2) is 0 Å². The number of carbonyl (C=O) groups excluding carboxylic acids is 2. The van der Waals surface area contributed by atoms with Gasteiger partial charge >= 0.3 is 0 Å². The molecule has 1 saturated carbocycles. The SMILES string of the molecule is C[C@]1(C(=O)NC2CCCC2)Cn2nc(-c3cccs3)cc2C(=O)N1CCC1=CCCCC1. The van der Waals surface area contributed by atoms with Crippen molar-refractivity contribution in [3.63, 3.8) is 0 Å². The van der Waals surface area contributed by atoms with Gasteiger partial charge in [-0.05, 0) is 69.4 Å². The number of fused-ring (bicyclic) bond motifs is 1. The summed E-state index contributed by atoms with van der Waals surface area (Å²) in [5.74, 6) is -0.138. The van der Waals surface area contributed by atoms with E-state index in [-0.39, 0.29) is 17.9 Å². The smallest absolute Gasteiger partial charge is 0.273 e. The lowest BCUT2D eigenvalue weighted by Crippen LogP contribution is -2.65. The number of hydrogen-bond acceptors (Lipinski definition) is 4. The predicted octanol–water partition coefficient (Wildman–Crippen LogP) is 4.78. The molecule has 0 spiro atoms. The highest BCUT2D eigenvalue weighted by Crippen LogP contribution is 2.33. The highest BCUT2D eigenvalue weighted by molar-refractivity contribution is 7.13. The van der Waals surface area contributed by atoms with Crippen LogP contribution in [0.2, 0.25) is 0 Å². The molecule has 32 heavy (non-hydrogen) atoms. The van der Waals surface area contributed by atoms with Gasteiger partial charge in [-0.1, -0.05) is 30.6 Å². The normalized spacial score (nSPS) is 23.8. The standard InChI is InChI=1S/C25H32N4O2S/c1-25(24(31)26-19-10-5-6-11-19)17-29-21(16-20(27-29)22-12-7-15-32-22)23(30)28(25)14-13-18-8-3-2-4-9-18/h7-8,12,15-16,19H,2-6,9-11,13-14,17H2,1H3,(H,26,31)/t25-/m1/s1. The number of allylic oxidation sites excluding steroid dienone is 1. The number of nitrogens with zero attached hydrogens (tertiary/aromatic N) is 3. The summed E-state index contributed by atoms with van der Waals surface area (Å²) in [6.07, 6.45) is 12.2. The zero-order valence-electron chi connectivity index (χ0n) is 18.8. The number of amides is 2. The van der Waals surface area contributed by atoms with Gasteiger partial charge in [0.15, 0.2) is 0 Å². The molecule has 2 aliphatic carbocycles. The number of rotatable bonds is 6. The van der Waals surface area contributed by atoms with Crippen molar-refractivity contribution >= 4 is 23.2 Å². The molecule has 1 N–H and O–H groups in total. The quantitative estimate of drug-likeness (QED) is 0.642. The largest absolute Gasteiger partial charge is 0.351 e. The first-order valence-electron chi connectivity index (χ1n) is 12.0. The van der Waals surface area contributed by atoms with Gasteiger partial charge in [0.25, 0.3) is 5.91 Å². The summed E-state index contributed by atoms with van der Waals surface area (Å²) in [5.41, 5.74) is 1.86. The minimum absolute atomic E-state index is 0.0470.